The molecule has 0 unspecified atom stereocenters. The molecule has 0 aliphatic carbocycles. The zero-order valence-electron chi connectivity index (χ0n) is 10.6. The van der Waals surface area contributed by atoms with Crippen LogP contribution in [0.5, 0.6) is 17.2 Å². The van der Waals surface area contributed by atoms with Gasteiger partial charge in [-0.1, -0.05) is 5.16 Å². The maximum atomic E-state index is 10.8. The molecule has 7 heteroatoms. The van der Waals surface area contributed by atoms with Crippen LogP contribution in [0.1, 0.15) is 10.6 Å². The van der Waals surface area contributed by atoms with E-state index < -0.39 is 5.97 Å². The number of nitrogens with zero attached hydrogens (tertiary/aromatic N) is 1. The number of carbonyl (C=O) groups is 1. The highest BCUT2D eigenvalue weighted by molar-refractivity contribution is 5.86. The fourth-order valence-electron chi connectivity index (χ4n) is 1.94. The summed E-state index contributed by atoms with van der Waals surface area (Å²) < 4.78 is 21.0. The molecular weight excluding hydrogens is 266 g/mol. The van der Waals surface area contributed by atoms with Crippen molar-refractivity contribution < 1.29 is 28.6 Å². The number of fused-ring (bicyclic) bond motifs is 1. The van der Waals surface area contributed by atoms with Crippen LogP contribution >= 0.6 is 0 Å². The summed E-state index contributed by atoms with van der Waals surface area (Å²) in [6, 6.07) is 4.70. The molecular formula is C13H11NO6. The van der Waals surface area contributed by atoms with Crippen molar-refractivity contribution in [1.29, 1.82) is 0 Å². The first kappa shape index (κ1) is 12.3. The zero-order chi connectivity index (χ0) is 14.1. The van der Waals surface area contributed by atoms with Gasteiger partial charge in [0.15, 0.2) is 11.5 Å². The van der Waals surface area contributed by atoms with Gasteiger partial charge in [0.2, 0.25) is 5.76 Å². The van der Waals surface area contributed by atoms with Crippen molar-refractivity contribution in [3.05, 3.63) is 24.0 Å². The Morgan fingerprint density at radius 2 is 1.95 bits per heavy atom. The number of carboxylic acids is 1. The van der Waals surface area contributed by atoms with Crippen LogP contribution in [0, 0.1) is 0 Å². The molecule has 104 valence electrons. The number of benzene rings is 1. The van der Waals surface area contributed by atoms with E-state index in [0.29, 0.717) is 41.7 Å². The van der Waals surface area contributed by atoms with Crippen LogP contribution in [0.25, 0.3) is 11.3 Å². The van der Waals surface area contributed by atoms with E-state index in [1.54, 1.807) is 12.1 Å². The topological polar surface area (TPSA) is 91.0 Å². The van der Waals surface area contributed by atoms with Gasteiger partial charge in [-0.15, -0.1) is 0 Å². The quantitative estimate of drug-likeness (QED) is 0.914. The lowest BCUT2D eigenvalue weighted by Gasteiger charge is -2.20. The minimum absolute atomic E-state index is 0.239. The Hall–Kier alpha value is -2.70. The Bertz CT molecular complexity index is 663. The monoisotopic (exact) mass is 277 g/mol. The van der Waals surface area contributed by atoms with E-state index in [1.807, 2.05) is 0 Å². The maximum absolute atomic E-state index is 10.8. The number of ether oxygens (including phenoxy) is 3. The molecule has 0 saturated carbocycles. The molecule has 0 amide bonds. The number of methoxy groups -OCH3 is 1. The van der Waals surface area contributed by atoms with Gasteiger partial charge in [-0.05, 0) is 6.07 Å². The zero-order valence-corrected chi connectivity index (χ0v) is 10.6. The molecule has 0 saturated heterocycles. The van der Waals surface area contributed by atoms with Crippen LogP contribution < -0.4 is 14.2 Å². The van der Waals surface area contributed by atoms with Gasteiger partial charge in [-0.25, -0.2) is 4.79 Å². The summed E-state index contributed by atoms with van der Waals surface area (Å²) in [6.07, 6.45) is 0. The maximum Gasteiger partial charge on any atom is 0.374 e. The third-order valence-electron chi connectivity index (χ3n) is 2.86. The number of aromatic carboxylic acids is 1. The summed E-state index contributed by atoms with van der Waals surface area (Å²) in [5.74, 6) is 0.224. The standard InChI is InChI=1S/C13H11NO6/c1-17-9-6-11-10(18-2-3-19-11)4-7(9)8-5-12(13(15)16)20-14-8/h4-6H,2-3H2,1H3,(H,15,16). The molecule has 2 heterocycles. The average molecular weight is 277 g/mol. The Balaban J connectivity index is 2.08. The van der Waals surface area contributed by atoms with Crippen molar-refractivity contribution in [3.8, 4) is 28.5 Å². The SMILES string of the molecule is COc1cc2c(cc1-c1cc(C(=O)O)on1)OCCO2. The van der Waals surface area contributed by atoms with Crippen LogP contribution in [0.15, 0.2) is 22.7 Å². The minimum atomic E-state index is -1.18. The molecule has 2 aromatic rings. The molecule has 0 radical (unpaired) electrons. The van der Waals surface area contributed by atoms with Gasteiger partial charge in [-0.3, -0.25) is 0 Å². The summed E-state index contributed by atoms with van der Waals surface area (Å²) in [5, 5.41) is 12.6. The summed E-state index contributed by atoms with van der Waals surface area (Å²) in [6.45, 7) is 0.931. The summed E-state index contributed by atoms with van der Waals surface area (Å²) in [4.78, 5) is 10.8. The Morgan fingerprint density at radius 3 is 2.55 bits per heavy atom. The Morgan fingerprint density at radius 1 is 1.25 bits per heavy atom. The molecule has 1 aromatic heterocycles. The van der Waals surface area contributed by atoms with E-state index in [4.69, 9.17) is 23.8 Å². The first-order valence-corrected chi connectivity index (χ1v) is 5.87. The number of carboxylic acid groups (broad SMARTS) is 1. The molecule has 0 atom stereocenters. The lowest BCUT2D eigenvalue weighted by Crippen LogP contribution is -2.15. The lowest BCUT2D eigenvalue weighted by atomic mass is 10.1. The lowest BCUT2D eigenvalue weighted by molar-refractivity contribution is 0.0652. The predicted molar refractivity (Wildman–Crippen MR) is 66.4 cm³/mol. The second-order valence-corrected chi connectivity index (χ2v) is 4.08. The molecule has 1 aromatic carbocycles. The Labute approximate surface area is 113 Å². The third-order valence-corrected chi connectivity index (χ3v) is 2.86. The molecule has 1 aliphatic rings. The van der Waals surface area contributed by atoms with Crippen LogP contribution in [0.2, 0.25) is 0 Å². The highest BCUT2D eigenvalue weighted by atomic mass is 16.6. The molecule has 0 bridgehead atoms. The van der Waals surface area contributed by atoms with Crippen molar-refractivity contribution in [2.45, 2.75) is 0 Å². The largest absolute Gasteiger partial charge is 0.496 e. The van der Waals surface area contributed by atoms with E-state index in [2.05, 4.69) is 5.16 Å². The summed E-state index contributed by atoms with van der Waals surface area (Å²) >= 11 is 0. The van der Waals surface area contributed by atoms with Crippen molar-refractivity contribution in [3.63, 3.8) is 0 Å². The molecule has 1 N–H and O–H groups in total. The van der Waals surface area contributed by atoms with E-state index in [1.165, 1.54) is 13.2 Å². The minimum Gasteiger partial charge on any atom is -0.496 e. The second kappa shape index (κ2) is 4.76. The molecule has 3 rings (SSSR count). The summed E-state index contributed by atoms with van der Waals surface area (Å²) in [5.41, 5.74) is 0.934. The van der Waals surface area contributed by atoms with Crippen LogP contribution in [0.3, 0.4) is 0 Å². The highest BCUT2D eigenvalue weighted by Gasteiger charge is 2.20. The van der Waals surface area contributed by atoms with Crippen LogP contribution in [-0.4, -0.2) is 36.6 Å². The van der Waals surface area contributed by atoms with Gasteiger partial charge < -0.3 is 23.8 Å². The average Bonchev–Trinajstić information content (AvgIpc) is 2.95. The normalized spacial score (nSPS) is 13.1. The number of hydrogen-bond acceptors (Lipinski definition) is 6. The summed E-state index contributed by atoms with van der Waals surface area (Å²) in [7, 11) is 1.51. The van der Waals surface area contributed by atoms with Gasteiger partial charge in [-0.2, -0.15) is 0 Å². The molecule has 7 nitrogen and oxygen atoms in total. The van der Waals surface area contributed by atoms with Crippen molar-refractivity contribution in [1.82, 2.24) is 5.16 Å². The van der Waals surface area contributed by atoms with Gasteiger partial charge in [0.05, 0.1) is 7.11 Å². The van der Waals surface area contributed by atoms with Crippen molar-refractivity contribution >= 4 is 5.97 Å². The smallest absolute Gasteiger partial charge is 0.374 e. The van der Waals surface area contributed by atoms with Gasteiger partial charge >= 0.3 is 5.97 Å². The molecule has 0 fully saturated rings. The van der Waals surface area contributed by atoms with E-state index in [-0.39, 0.29) is 5.76 Å². The fraction of sp³-hybridized carbons (Fsp3) is 0.231. The first-order chi connectivity index (χ1) is 9.69. The van der Waals surface area contributed by atoms with Crippen LogP contribution in [0.4, 0.5) is 0 Å². The number of aromatic nitrogens is 1. The molecule has 0 spiro atoms. The fourth-order valence-corrected chi connectivity index (χ4v) is 1.94. The molecule has 20 heavy (non-hydrogen) atoms. The predicted octanol–water partition coefficient (Wildman–Crippen LogP) is 1.82. The van der Waals surface area contributed by atoms with Gasteiger partial charge in [0, 0.05) is 17.7 Å². The van der Waals surface area contributed by atoms with E-state index in [9.17, 15) is 4.79 Å². The van der Waals surface area contributed by atoms with Gasteiger partial charge in [0.1, 0.15) is 24.7 Å². The molecule has 1 aliphatic heterocycles. The van der Waals surface area contributed by atoms with Crippen LogP contribution in [-0.2, 0) is 0 Å². The number of hydrogen-bond donors (Lipinski definition) is 1. The number of rotatable bonds is 3. The van der Waals surface area contributed by atoms with Crippen molar-refractivity contribution in [2.75, 3.05) is 20.3 Å². The van der Waals surface area contributed by atoms with Crippen molar-refractivity contribution in [2.24, 2.45) is 0 Å². The highest BCUT2D eigenvalue weighted by Crippen LogP contribution is 2.41. The van der Waals surface area contributed by atoms with E-state index in [0.717, 1.165) is 0 Å². The second-order valence-electron chi connectivity index (χ2n) is 4.08. The van der Waals surface area contributed by atoms with Gasteiger partial charge in [0.25, 0.3) is 0 Å². The Kier molecular flexibility index (Phi) is 2.94. The first-order valence-electron chi connectivity index (χ1n) is 5.87. The van der Waals surface area contributed by atoms with E-state index >= 15 is 0 Å². The third kappa shape index (κ3) is 2.03.